The average Bonchev–Trinajstić information content (AvgIpc) is 2.55. The number of nitrogens with two attached hydrogens (primary N) is 1. The van der Waals surface area contributed by atoms with E-state index in [4.69, 9.17) is 20.7 Å². The van der Waals surface area contributed by atoms with E-state index in [0.717, 1.165) is 50.3 Å². The molecule has 0 spiro atoms. The summed E-state index contributed by atoms with van der Waals surface area (Å²) in [5.74, 6) is 0.216. The molecule has 4 N–H and O–H groups in total. The zero-order valence-corrected chi connectivity index (χ0v) is 13.7. The zero-order chi connectivity index (χ0) is 17.2. The summed E-state index contributed by atoms with van der Waals surface area (Å²) in [5.41, 5.74) is 7.55. The number of hydrogen-bond acceptors (Lipinski definition) is 4. The molecule has 0 amide bonds. The van der Waals surface area contributed by atoms with Gasteiger partial charge in [-0.05, 0) is 50.1 Å². The van der Waals surface area contributed by atoms with E-state index in [0.29, 0.717) is 12.3 Å². The second-order valence-corrected chi connectivity index (χ2v) is 6.01. The Bertz CT molecular complexity index is 486. The molecule has 0 aromatic heterocycles. The Morgan fingerprint density at radius 1 is 1.13 bits per heavy atom. The molecule has 5 nitrogen and oxygen atoms in total. The third kappa shape index (κ3) is 6.93. The van der Waals surface area contributed by atoms with Crippen LogP contribution < -0.4 is 5.73 Å². The SMILES string of the molecule is CC(=O)O.NC[C@H]1CC[C@H](C(=O)c2ccc(CCO)cc2)CC1. The molecule has 1 fully saturated rings. The van der Waals surface area contributed by atoms with E-state index >= 15 is 0 Å². The summed E-state index contributed by atoms with van der Waals surface area (Å²) in [6.07, 6.45) is 4.75. The number of carboxylic acid groups (broad SMARTS) is 1. The van der Waals surface area contributed by atoms with Gasteiger partial charge in [-0.1, -0.05) is 24.3 Å². The lowest BCUT2D eigenvalue weighted by molar-refractivity contribution is -0.134. The van der Waals surface area contributed by atoms with Crippen molar-refractivity contribution in [3.8, 4) is 0 Å². The van der Waals surface area contributed by atoms with Crippen molar-refractivity contribution in [3.63, 3.8) is 0 Å². The van der Waals surface area contributed by atoms with Gasteiger partial charge in [0, 0.05) is 25.0 Å². The fourth-order valence-electron chi connectivity index (χ4n) is 2.86. The maximum absolute atomic E-state index is 12.4. The van der Waals surface area contributed by atoms with Crippen LogP contribution in [0.15, 0.2) is 24.3 Å². The molecule has 0 aliphatic heterocycles. The van der Waals surface area contributed by atoms with Gasteiger partial charge >= 0.3 is 0 Å². The van der Waals surface area contributed by atoms with Crippen molar-refractivity contribution in [1.82, 2.24) is 0 Å². The van der Waals surface area contributed by atoms with Gasteiger partial charge in [-0.15, -0.1) is 0 Å². The van der Waals surface area contributed by atoms with Crippen LogP contribution in [0.1, 0.15) is 48.5 Å². The summed E-state index contributed by atoms with van der Waals surface area (Å²) >= 11 is 0. The third-order valence-corrected chi connectivity index (χ3v) is 4.19. The molecule has 1 saturated carbocycles. The van der Waals surface area contributed by atoms with Crippen molar-refractivity contribution in [2.24, 2.45) is 17.6 Å². The van der Waals surface area contributed by atoms with Crippen LogP contribution in [0.2, 0.25) is 0 Å². The van der Waals surface area contributed by atoms with Crippen molar-refractivity contribution in [2.45, 2.75) is 39.0 Å². The van der Waals surface area contributed by atoms with Crippen LogP contribution in [0, 0.1) is 11.8 Å². The van der Waals surface area contributed by atoms with Crippen LogP contribution in [0.4, 0.5) is 0 Å². The Hall–Kier alpha value is -1.72. The van der Waals surface area contributed by atoms with Crippen molar-refractivity contribution < 1.29 is 19.8 Å². The minimum Gasteiger partial charge on any atom is -0.481 e. The van der Waals surface area contributed by atoms with Crippen LogP contribution in [0.5, 0.6) is 0 Å². The quantitative estimate of drug-likeness (QED) is 0.722. The normalized spacial score (nSPS) is 20.3. The largest absolute Gasteiger partial charge is 0.481 e. The molecule has 5 heteroatoms. The summed E-state index contributed by atoms with van der Waals surface area (Å²) in [7, 11) is 0. The van der Waals surface area contributed by atoms with Gasteiger partial charge in [-0.3, -0.25) is 9.59 Å². The Kier molecular flexibility index (Phi) is 8.51. The Balaban J connectivity index is 0.000000593. The second-order valence-electron chi connectivity index (χ2n) is 6.01. The van der Waals surface area contributed by atoms with Crippen LogP contribution in [0.25, 0.3) is 0 Å². The maximum atomic E-state index is 12.4. The zero-order valence-electron chi connectivity index (χ0n) is 13.7. The highest BCUT2D eigenvalue weighted by atomic mass is 16.4. The molecule has 1 aromatic carbocycles. The number of Topliss-reactive ketones (excluding diaryl/α,β-unsaturated/α-hetero) is 1. The Morgan fingerprint density at radius 3 is 2.09 bits per heavy atom. The topological polar surface area (TPSA) is 101 Å². The van der Waals surface area contributed by atoms with E-state index in [1.54, 1.807) is 0 Å². The first kappa shape index (κ1) is 19.3. The number of carbonyl (C=O) groups is 2. The van der Waals surface area contributed by atoms with E-state index in [2.05, 4.69) is 0 Å². The first-order valence-corrected chi connectivity index (χ1v) is 8.11. The van der Waals surface area contributed by atoms with Gasteiger partial charge in [0.25, 0.3) is 5.97 Å². The van der Waals surface area contributed by atoms with Crippen LogP contribution in [-0.2, 0) is 11.2 Å². The number of aliphatic carboxylic acids is 1. The second kappa shape index (κ2) is 10.1. The maximum Gasteiger partial charge on any atom is 0.300 e. The molecule has 1 aliphatic carbocycles. The highest BCUT2D eigenvalue weighted by Crippen LogP contribution is 2.30. The number of carbonyl (C=O) groups excluding carboxylic acids is 1. The number of benzene rings is 1. The number of aliphatic hydroxyl groups is 1. The lowest BCUT2D eigenvalue weighted by Gasteiger charge is -2.26. The molecule has 0 saturated heterocycles. The fourth-order valence-corrected chi connectivity index (χ4v) is 2.86. The van der Waals surface area contributed by atoms with Gasteiger partial charge in [0.05, 0.1) is 0 Å². The third-order valence-electron chi connectivity index (χ3n) is 4.19. The van der Waals surface area contributed by atoms with Gasteiger partial charge in [0.1, 0.15) is 0 Å². The van der Waals surface area contributed by atoms with Gasteiger partial charge in [0.2, 0.25) is 0 Å². The summed E-state index contributed by atoms with van der Waals surface area (Å²) in [6, 6.07) is 7.66. The van der Waals surface area contributed by atoms with E-state index in [9.17, 15) is 4.79 Å². The summed E-state index contributed by atoms with van der Waals surface area (Å²) < 4.78 is 0. The molecular weight excluding hydrogens is 294 g/mol. The summed E-state index contributed by atoms with van der Waals surface area (Å²) in [6.45, 7) is 1.98. The molecule has 0 bridgehead atoms. The predicted octanol–water partition coefficient (Wildman–Crippen LogP) is 2.26. The van der Waals surface area contributed by atoms with Crippen LogP contribution in [0.3, 0.4) is 0 Å². The van der Waals surface area contributed by atoms with Gasteiger partial charge < -0.3 is 15.9 Å². The average molecular weight is 321 g/mol. The lowest BCUT2D eigenvalue weighted by Crippen LogP contribution is -2.25. The van der Waals surface area contributed by atoms with Crippen molar-refractivity contribution >= 4 is 11.8 Å². The molecule has 1 aliphatic rings. The Labute approximate surface area is 137 Å². The molecule has 128 valence electrons. The van der Waals surface area contributed by atoms with E-state index < -0.39 is 5.97 Å². The number of carboxylic acids is 1. The predicted molar refractivity (Wildman–Crippen MR) is 89.4 cm³/mol. The molecule has 0 atom stereocenters. The van der Waals surface area contributed by atoms with Crippen LogP contribution in [-0.4, -0.2) is 35.1 Å². The number of rotatable bonds is 5. The molecule has 0 radical (unpaired) electrons. The van der Waals surface area contributed by atoms with Gasteiger partial charge in [-0.2, -0.15) is 0 Å². The molecular formula is C18H27NO4. The monoisotopic (exact) mass is 321 g/mol. The van der Waals surface area contributed by atoms with Crippen molar-refractivity contribution in [2.75, 3.05) is 13.2 Å². The number of aliphatic hydroxyl groups excluding tert-OH is 1. The first-order valence-electron chi connectivity index (χ1n) is 8.11. The molecule has 2 rings (SSSR count). The molecule has 23 heavy (non-hydrogen) atoms. The fraction of sp³-hybridized carbons (Fsp3) is 0.556. The summed E-state index contributed by atoms with van der Waals surface area (Å²) in [4.78, 5) is 21.4. The standard InChI is InChI=1S/C16H23NO2.C2H4O2/c17-11-13-3-7-15(8-4-13)16(19)14-5-1-12(2-6-14)9-10-18;1-2(3)4/h1-2,5-6,13,15,18H,3-4,7-11,17H2;1H3,(H,3,4)/t13-,15-;. The van der Waals surface area contributed by atoms with Crippen LogP contribution >= 0.6 is 0 Å². The molecule has 0 unspecified atom stereocenters. The lowest BCUT2D eigenvalue weighted by atomic mass is 9.78. The minimum absolute atomic E-state index is 0.149. The van der Waals surface area contributed by atoms with E-state index in [1.165, 1.54) is 0 Å². The first-order chi connectivity index (χ1) is 11.0. The highest BCUT2D eigenvalue weighted by molar-refractivity contribution is 5.97. The molecule has 1 aromatic rings. The van der Waals surface area contributed by atoms with Crippen molar-refractivity contribution in [3.05, 3.63) is 35.4 Å². The smallest absolute Gasteiger partial charge is 0.300 e. The minimum atomic E-state index is -0.833. The number of hydrogen-bond donors (Lipinski definition) is 3. The molecule has 0 heterocycles. The summed E-state index contributed by atoms with van der Waals surface area (Å²) in [5, 5.41) is 16.3. The van der Waals surface area contributed by atoms with E-state index in [-0.39, 0.29) is 18.3 Å². The highest BCUT2D eigenvalue weighted by Gasteiger charge is 2.26. The van der Waals surface area contributed by atoms with E-state index in [1.807, 2.05) is 24.3 Å². The number of ketones is 1. The van der Waals surface area contributed by atoms with Gasteiger partial charge in [-0.25, -0.2) is 0 Å². The Morgan fingerprint density at radius 2 is 1.65 bits per heavy atom. The van der Waals surface area contributed by atoms with Crippen molar-refractivity contribution in [1.29, 1.82) is 0 Å². The van der Waals surface area contributed by atoms with Gasteiger partial charge in [0.15, 0.2) is 5.78 Å².